The number of rotatable bonds is 7. The zero-order chi connectivity index (χ0) is 16.9. The molecule has 0 atom stereocenters. The molecule has 0 spiro atoms. The van der Waals surface area contributed by atoms with E-state index in [4.69, 9.17) is 9.47 Å². The molecule has 6 heteroatoms. The zero-order valence-electron chi connectivity index (χ0n) is 13.4. The van der Waals surface area contributed by atoms with Gasteiger partial charge < -0.3 is 9.47 Å². The first-order valence-electron chi connectivity index (χ1n) is 7.43. The summed E-state index contributed by atoms with van der Waals surface area (Å²) in [4.78, 5) is 0.183. The Bertz CT molecular complexity index is 722. The van der Waals surface area contributed by atoms with Crippen molar-refractivity contribution in [2.75, 3.05) is 11.3 Å². The van der Waals surface area contributed by atoms with Crippen molar-refractivity contribution in [3.05, 3.63) is 48.5 Å². The fourth-order valence-corrected chi connectivity index (χ4v) is 3.03. The van der Waals surface area contributed by atoms with E-state index in [1.807, 2.05) is 20.8 Å². The molecule has 0 bridgehead atoms. The predicted molar refractivity (Wildman–Crippen MR) is 90.6 cm³/mol. The van der Waals surface area contributed by atoms with E-state index >= 15 is 0 Å². The lowest BCUT2D eigenvalue weighted by atomic mass is 10.3. The number of sulfonamides is 1. The van der Waals surface area contributed by atoms with Crippen LogP contribution >= 0.6 is 0 Å². The normalized spacial score (nSPS) is 11.3. The lowest BCUT2D eigenvalue weighted by Crippen LogP contribution is -2.13. The molecule has 0 unspecified atom stereocenters. The Morgan fingerprint density at radius 3 is 2.04 bits per heavy atom. The fraction of sp³-hybridized carbons (Fsp3) is 0.294. The Labute approximate surface area is 137 Å². The van der Waals surface area contributed by atoms with E-state index in [1.165, 1.54) is 12.1 Å². The average molecular weight is 335 g/mol. The van der Waals surface area contributed by atoms with Gasteiger partial charge in [-0.05, 0) is 69.3 Å². The minimum atomic E-state index is -3.63. The van der Waals surface area contributed by atoms with Crippen LogP contribution in [0, 0.1) is 0 Å². The predicted octanol–water partition coefficient (Wildman–Crippen LogP) is 3.67. The maximum atomic E-state index is 12.4. The van der Waals surface area contributed by atoms with Crippen LogP contribution in [-0.2, 0) is 10.0 Å². The van der Waals surface area contributed by atoms with Gasteiger partial charge in [0.05, 0.1) is 17.6 Å². The first-order chi connectivity index (χ1) is 10.9. The van der Waals surface area contributed by atoms with Crippen LogP contribution in [0.15, 0.2) is 53.4 Å². The molecule has 0 saturated heterocycles. The van der Waals surface area contributed by atoms with Gasteiger partial charge in [0.25, 0.3) is 10.0 Å². The number of ether oxygens (including phenoxy) is 2. The third kappa shape index (κ3) is 4.89. The second-order valence-electron chi connectivity index (χ2n) is 5.20. The van der Waals surface area contributed by atoms with E-state index in [1.54, 1.807) is 36.4 Å². The van der Waals surface area contributed by atoms with Gasteiger partial charge in [-0.2, -0.15) is 0 Å². The first kappa shape index (κ1) is 17.1. The van der Waals surface area contributed by atoms with Gasteiger partial charge >= 0.3 is 0 Å². The molecular formula is C17H21NO4S. The molecule has 2 rings (SSSR count). The quantitative estimate of drug-likeness (QED) is 0.838. The molecule has 124 valence electrons. The van der Waals surface area contributed by atoms with E-state index in [0.29, 0.717) is 23.8 Å². The number of hydrogen-bond donors (Lipinski definition) is 1. The highest BCUT2D eigenvalue weighted by Crippen LogP contribution is 2.21. The van der Waals surface area contributed by atoms with Crippen molar-refractivity contribution in [2.45, 2.75) is 31.8 Å². The van der Waals surface area contributed by atoms with Crippen LogP contribution in [0.3, 0.4) is 0 Å². The highest BCUT2D eigenvalue weighted by molar-refractivity contribution is 7.92. The first-order valence-corrected chi connectivity index (χ1v) is 8.91. The Morgan fingerprint density at radius 2 is 1.52 bits per heavy atom. The molecule has 2 aromatic rings. The van der Waals surface area contributed by atoms with Crippen molar-refractivity contribution >= 4 is 15.7 Å². The van der Waals surface area contributed by atoms with E-state index in [2.05, 4.69) is 4.72 Å². The molecule has 0 aliphatic heterocycles. The summed E-state index contributed by atoms with van der Waals surface area (Å²) in [7, 11) is -3.63. The number of benzene rings is 2. The van der Waals surface area contributed by atoms with Gasteiger partial charge in [0.15, 0.2) is 0 Å². The van der Waals surface area contributed by atoms with Crippen molar-refractivity contribution in [3.63, 3.8) is 0 Å². The van der Waals surface area contributed by atoms with Gasteiger partial charge in [0.2, 0.25) is 0 Å². The van der Waals surface area contributed by atoms with E-state index in [-0.39, 0.29) is 11.0 Å². The van der Waals surface area contributed by atoms with Crippen molar-refractivity contribution in [2.24, 2.45) is 0 Å². The second-order valence-corrected chi connectivity index (χ2v) is 6.88. The molecule has 0 aromatic heterocycles. The molecule has 2 aromatic carbocycles. The minimum Gasteiger partial charge on any atom is -0.494 e. The highest BCUT2D eigenvalue weighted by Gasteiger charge is 2.14. The third-order valence-corrected chi connectivity index (χ3v) is 4.32. The second kappa shape index (κ2) is 7.37. The SMILES string of the molecule is CCOc1ccc(NS(=O)(=O)c2ccc(OC(C)C)cc2)cc1. The maximum absolute atomic E-state index is 12.4. The van der Waals surface area contributed by atoms with E-state index < -0.39 is 10.0 Å². The fourth-order valence-electron chi connectivity index (χ4n) is 1.97. The Kier molecular flexibility index (Phi) is 5.50. The van der Waals surface area contributed by atoms with Crippen LogP contribution in [0.25, 0.3) is 0 Å². The van der Waals surface area contributed by atoms with Gasteiger partial charge in [-0.1, -0.05) is 0 Å². The molecule has 0 fully saturated rings. The van der Waals surface area contributed by atoms with Gasteiger partial charge in [-0.3, -0.25) is 4.72 Å². The molecule has 5 nitrogen and oxygen atoms in total. The summed E-state index contributed by atoms with van der Waals surface area (Å²) in [6.07, 6.45) is 0.0411. The zero-order valence-corrected chi connectivity index (χ0v) is 14.3. The van der Waals surface area contributed by atoms with Crippen molar-refractivity contribution in [1.82, 2.24) is 0 Å². The molecule has 0 aliphatic rings. The molecule has 0 radical (unpaired) electrons. The van der Waals surface area contributed by atoms with Crippen molar-refractivity contribution < 1.29 is 17.9 Å². The van der Waals surface area contributed by atoms with Crippen LogP contribution in [-0.4, -0.2) is 21.1 Å². The number of anilines is 1. The summed E-state index contributed by atoms with van der Waals surface area (Å²) < 4.78 is 38.1. The summed E-state index contributed by atoms with van der Waals surface area (Å²) in [5, 5.41) is 0. The monoisotopic (exact) mass is 335 g/mol. The van der Waals surface area contributed by atoms with Gasteiger partial charge in [0, 0.05) is 5.69 Å². The molecule has 0 amide bonds. The van der Waals surface area contributed by atoms with E-state index in [9.17, 15) is 8.42 Å². The van der Waals surface area contributed by atoms with Crippen LogP contribution in [0.5, 0.6) is 11.5 Å². The van der Waals surface area contributed by atoms with Crippen LogP contribution in [0.4, 0.5) is 5.69 Å². The Hall–Kier alpha value is -2.21. The molecular weight excluding hydrogens is 314 g/mol. The number of nitrogens with one attached hydrogen (secondary N) is 1. The van der Waals surface area contributed by atoms with Crippen molar-refractivity contribution in [1.29, 1.82) is 0 Å². The molecule has 1 N–H and O–H groups in total. The Morgan fingerprint density at radius 1 is 0.957 bits per heavy atom. The summed E-state index contributed by atoms with van der Waals surface area (Å²) in [6.45, 7) is 6.29. The molecule has 0 aliphatic carbocycles. The largest absolute Gasteiger partial charge is 0.494 e. The lowest BCUT2D eigenvalue weighted by Gasteiger charge is -2.11. The van der Waals surface area contributed by atoms with Gasteiger partial charge in [-0.25, -0.2) is 8.42 Å². The topological polar surface area (TPSA) is 64.6 Å². The van der Waals surface area contributed by atoms with Gasteiger partial charge in [-0.15, -0.1) is 0 Å². The third-order valence-electron chi connectivity index (χ3n) is 2.92. The molecule has 0 saturated carbocycles. The van der Waals surface area contributed by atoms with E-state index in [0.717, 1.165) is 0 Å². The van der Waals surface area contributed by atoms with Crippen LogP contribution in [0.2, 0.25) is 0 Å². The van der Waals surface area contributed by atoms with Crippen LogP contribution < -0.4 is 14.2 Å². The summed E-state index contributed by atoms with van der Waals surface area (Å²) >= 11 is 0. The van der Waals surface area contributed by atoms with Crippen LogP contribution in [0.1, 0.15) is 20.8 Å². The molecule has 23 heavy (non-hydrogen) atoms. The standard InChI is InChI=1S/C17H21NO4S/c1-4-21-15-7-5-14(6-8-15)18-23(19,20)17-11-9-16(10-12-17)22-13(2)3/h5-13,18H,4H2,1-3H3. The minimum absolute atomic E-state index is 0.0411. The van der Waals surface area contributed by atoms with Gasteiger partial charge in [0.1, 0.15) is 11.5 Å². The summed E-state index contributed by atoms with van der Waals surface area (Å²) in [5.74, 6) is 1.34. The summed E-state index contributed by atoms with van der Waals surface area (Å²) in [5.41, 5.74) is 0.482. The van der Waals surface area contributed by atoms with Crippen molar-refractivity contribution in [3.8, 4) is 11.5 Å². The maximum Gasteiger partial charge on any atom is 0.261 e. The lowest BCUT2D eigenvalue weighted by molar-refractivity contribution is 0.242. The average Bonchev–Trinajstić information content (AvgIpc) is 2.49. The summed E-state index contributed by atoms with van der Waals surface area (Å²) in [6, 6.07) is 13.1. The Balaban J connectivity index is 2.11. The highest BCUT2D eigenvalue weighted by atomic mass is 32.2. The number of hydrogen-bond acceptors (Lipinski definition) is 4. The molecule has 0 heterocycles. The smallest absolute Gasteiger partial charge is 0.261 e.